The van der Waals surface area contributed by atoms with Crippen molar-refractivity contribution in [1.82, 2.24) is 10.2 Å². The Kier molecular flexibility index (Phi) is 3.91. The average molecular weight is 195 g/mol. The zero-order valence-corrected chi connectivity index (χ0v) is 9.51. The van der Waals surface area contributed by atoms with Gasteiger partial charge < -0.3 is 10.2 Å². The van der Waals surface area contributed by atoms with Crippen LogP contribution >= 0.6 is 0 Å². The van der Waals surface area contributed by atoms with Gasteiger partial charge >= 0.3 is 0 Å². The van der Waals surface area contributed by atoms with Crippen LogP contribution in [0.25, 0.3) is 0 Å². The number of rotatable bonds is 6. The van der Waals surface area contributed by atoms with Crippen molar-refractivity contribution >= 4 is 0 Å². The van der Waals surface area contributed by atoms with E-state index in [1.807, 2.05) is 14.0 Å². The minimum Gasteiger partial charge on any atom is -0.303 e. The van der Waals surface area contributed by atoms with Crippen molar-refractivity contribution in [1.29, 1.82) is 5.26 Å². The van der Waals surface area contributed by atoms with Crippen LogP contribution in [-0.2, 0) is 0 Å². The van der Waals surface area contributed by atoms with Gasteiger partial charge in [0.15, 0.2) is 0 Å². The molecule has 3 heteroatoms. The Morgan fingerprint density at radius 2 is 2.21 bits per heavy atom. The van der Waals surface area contributed by atoms with Gasteiger partial charge in [-0.05, 0) is 39.8 Å². The van der Waals surface area contributed by atoms with E-state index in [1.165, 1.54) is 12.8 Å². The summed E-state index contributed by atoms with van der Waals surface area (Å²) in [5.74, 6) is 0. The first-order valence-corrected chi connectivity index (χ1v) is 5.49. The van der Waals surface area contributed by atoms with Gasteiger partial charge in [0.2, 0.25) is 0 Å². The molecule has 0 amide bonds. The van der Waals surface area contributed by atoms with Gasteiger partial charge in [0.1, 0.15) is 5.54 Å². The summed E-state index contributed by atoms with van der Waals surface area (Å²) in [5, 5.41) is 12.1. The summed E-state index contributed by atoms with van der Waals surface area (Å²) in [6.07, 6.45) is 3.59. The molecule has 0 aliphatic heterocycles. The second-order valence-electron chi connectivity index (χ2n) is 4.30. The largest absolute Gasteiger partial charge is 0.303 e. The molecule has 1 aliphatic carbocycles. The summed E-state index contributed by atoms with van der Waals surface area (Å²) in [6, 6.07) is 3.13. The lowest BCUT2D eigenvalue weighted by Crippen LogP contribution is -2.42. The highest BCUT2D eigenvalue weighted by Gasteiger charge is 2.29. The van der Waals surface area contributed by atoms with E-state index in [-0.39, 0.29) is 5.54 Å². The lowest BCUT2D eigenvalue weighted by Gasteiger charge is -2.26. The van der Waals surface area contributed by atoms with E-state index in [2.05, 4.69) is 23.2 Å². The van der Waals surface area contributed by atoms with Gasteiger partial charge in [0, 0.05) is 12.6 Å². The summed E-state index contributed by atoms with van der Waals surface area (Å²) >= 11 is 0. The SMILES string of the molecule is CCN(CCC(C)(C#N)NC)C1CC1. The molecule has 1 atom stereocenters. The van der Waals surface area contributed by atoms with Crippen LogP contribution in [0.4, 0.5) is 0 Å². The fraction of sp³-hybridized carbons (Fsp3) is 0.909. The van der Waals surface area contributed by atoms with Gasteiger partial charge in [-0.25, -0.2) is 0 Å². The standard InChI is InChI=1S/C11H21N3/c1-4-14(10-5-6-10)8-7-11(2,9-12)13-3/h10,13H,4-8H2,1-3H3. The van der Waals surface area contributed by atoms with E-state index >= 15 is 0 Å². The van der Waals surface area contributed by atoms with Crippen LogP contribution in [-0.4, -0.2) is 36.6 Å². The third-order valence-corrected chi connectivity index (χ3v) is 3.17. The summed E-state index contributed by atoms with van der Waals surface area (Å²) in [7, 11) is 1.86. The van der Waals surface area contributed by atoms with Crippen molar-refractivity contribution in [2.75, 3.05) is 20.1 Å². The number of nitriles is 1. The molecule has 0 saturated heterocycles. The molecule has 0 bridgehead atoms. The molecule has 0 radical (unpaired) electrons. The highest BCUT2D eigenvalue weighted by atomic mass is 15.2. The van der Waals surface area contributed by atoms with E-state index in [0.29, 0.717) is 0 Å². The van der Waals surface area contributed by atoms with E-state index in [1.54, 1.807) is 0 Å². The molecule has 1 aliphatic rings. The van der Waals surface area contributed by atoms with Crippen LogP contribution in [0.1, 0.15) is 33.1 Å². The summed E-state index contributed by atoms with van der Waals surface area (Å²) in [6.45, 7) is 6.30. The fourth-order valence-electron chi connectivity index (χ4n) is 1.64. The van der Waals surface area contributed by atoms with E-state index < -0.39 is 0 Å². The second kappa shape index (κ2) is 4.77. The molecule has 0 spiro atoms. The zero-order valence-electron chi connectivity index (χ0n) is 9.51. The van der Waals surface area contributed by atoms with Crippen molar-refractivity contribution in [3.05, 3.63) is 0 Å². The van der Waals surface area contributed by atoms with Gasteiger partial charge in [-0.1, -0.05) is 6.92 Å². The predicted octanol–water partition coefficient (Wildman–Crippen LogP) is 1.36. The van der Waals surface area contributed by atoms with E-state index in [4.69, 9.17) is 5.26 Å². The molecule has 1 N–H and O–H groups in total. The first-order valence-electron chi connectivity index (χ1n) is 5.49. The number of nitrogens with one attached hydrogen (secondary N) is 1. The molecule has 0 heterocycles. The van der Waals surface area contributed by atoms with E-state index in [9.17, 15) is 0 Å². The Morgan fingerprint density at radius 3 is 2.57 bits per heavy atom. The molecule has 0 aromatic heterocycles. The van der Waals surface area contributed by atoms with Crippen LogP contribution in [0, 0.1) is 11.3 Å². The van der Waals surface area contributed by atoms with Crippen LogP contribution in [0.3, 0.4) is 0 Å². The maximum Gasteiger partial charge on any atom is 0.104 e. The zero-order chi connectivity index (χ0) is 10.6. The Morgan fingerprint density at radius 1 is 1.57 bits per heavy atom. The Labute approximate surface area is 87.1 Å². The van der Waals surface area contributed by atoms with Crippen LogP contribution in [0.15, 0.2) is 0 Å². The van der Waals surface area contributed by atoms with Crippen molar-refractivity contribution < 1.29 is 0 Å². The van der Waals surface area contributed by atoms with Gasteiger partial charge in [-0.3, -0.25) is 0 Å². The second-order valence-corrected chi connectivity index (χ2v) is 4.30. The Hall–Kier alpha value is -0.590. The first-order chi connectivity index (χ1) is 6.65. The molecule has 1 fully saturated rings. The Balaban J connectivity index is 2.33. The van der Waals surface area contributed by atoms with E-state index in [0.717, 1.165) is 25.6 Å². The van der Waals surface area contributed by atoms with Crippen molar-refractivity contribution in [2.45, 2.75) is 44.7 Å². The molecule has 0 aromatic rings. The van der Waals surface area contributed by atoms with Crippen LogP contribution in [0.5, 0.6) is 0 Å². The highest BCUT2D eigenvalue weighted by Crippen LogP contribution is 2.27. The molecule has 1 saturated carbocycles. The predicted molar refractivity (Wildman–Crippen MR) is 58.0 cm³/mol. The quantitative estimate of drug-likeness (QED) is 0.695. The number of hydrogen-bond donors (Lipinski definition) is 1. The number of nitrogens with zero attached hydrogens (tertiary/aromatic N) is 2. The lowest BCUT2D eigenvalue weighted by molar-refractivity contribution is 0.250. The molecule has 1 unspecified atom stereocenters. The molecular weight excluding hydrogens is 174 g/mol. The molecule has 1 rings (SSSR count). The molecule has 80 valence electrons. The molecule has 3 nitrogen and oxygen atoms in total. The molecule has 14 heavy (non-hydrogen) atoms. The minimum atomic E-state index is -0.359. The average Bonchev–Trinajstić information content (AvgIpc) is 3.02. The normalized spacial score (nSPS) is 20.5. The third-order valence-electron chi connectivity index (χ3n) is 3.17. The number of hydrogen-bond acceptors (Lipinski definition) is 3. The van der Waals surface area contributed by atoms with Gasteiger partial charge in [0.05, 0.1) is 6.07 Å². The summed E-state index contributed by atoms with van der Waals surface area (Å²) < 4.78 is 0. The first kappa shape index (κ1) is 11.5. The maximum absolute atomic E-state index is 8.99. The third kappa shape index (κ3) is 2.97. The monoisotopic (exact) mass is 195 g/mol. The van der Waals surface area contributed by atoms with Crippen LogP contribution in [0.2, 0.25) is 0 Å². The van der Waals surface area contributed by atoms with Gasteiger partial charge in [-0.15, -0.1) is 0 Å². The minimum absolute atomic E-state index is 0.359. The van der Waals surface area contributed by atoms with Gasteiger partial charge in [-0.2, -0.15) is 5.26 Å². The van der Waals surface area contributed by atoms with Crippen molar-refractivity contribution in [2.24, 2.45) is 0 Å². The smallest absolute Gasteiger partial charge is 0.104 e. The maximum atomic E-state index is 8.99. The van der Waals surface area contributed by atoms with Crippen molar-refractivity contribution in [3.8, 4) is 6.07 Å². The molecular formula is C11H21N3. The lowest BCUT2D eigenvalue weighted by atomic mass is 10.00. The summed E-state index contributed by atoms with van der Waals surface area (Å²) in [5.41, 5.74) is -0.359. The molecule has 0 aromatic carbocycles. The highest BCUT2D eigenvalue weighted by molar-refractivity contribution is 5.03. The fourth-order valence-corrected chi connectivity index (χ4v) is 1.64. The summed E-state index contributed by atoms with van der Waals surface area (Å²) in [4.78, 5) is 2.48. The Bertz CT molecular complexity index is 217. The topological polar surface area (TPSA) is 39.1 Å². The van der Waals surface area contributed by atoms with Gasteiger partial charge in [0.25, 0.3) is 0 Å². The van der Waals surface area contributed by atoms with Crippen molar-refractivity contribution in [3.63, 3.8) is 0 Å². The van der Waals surface area contributed by atoms with Crippen LogP contribution < -0.4 is 5.32 Å².